The maximum atomic E-state index is 13.7. The molecule has 0 unspecified atom stereocenters. The number of imidazole rings is 1. The molecule has 0 aliphatic carbocycles. The van der Waals surface area contributed by atoms with Crippen LogP contribution in [-0.2, 0) is 6.54 Å². The number of para-hydroxylation sites is 2. The Bertz CT molecular complexity index is 750. The Morgan fingerprint density at radius 2 is 1.89 bits per heavy atom. The van der Waals surface area contributed by atoms with Gasteiger partial charge in [0.25, 0.3) is 0 Å². The molecule has 0 saturated heterocycles. The summed E-state index contributed by atoms with van der Waals surface area (Å²) in [5.74, 6) is -0.650. The van der Waals surface area contributed by atoms with E-state index >= 15 is 0 Å². The summed E-state index contributed by atoms with van der Waals surface area (Å²) in [4.78, 5) is 4.19. The zero-order chi connectivity index (χ0) is 13.4. The molecule has 2 aromatic carbocycles. The van der Waals surface area contributed by atoms with E-state index in [2.05, 4.69) is 4.98 Å². The monoisotopic (exact) mass is 259 g/mol. The van der Waals surface area contributed by atoms with Crippen molar-refractivity contribution in [2.45, 2.75) is 6.54 Å². The highest BCUT2D eigenvalue weighted by Gasteiger charge is 2.11. The number of benzene rings is 2. The van der Waals surface area contributed by atoms with Gasteiger partial charge >= 0.3 is 0 Å². The largest absolute Gasteiger partial charge is 0.369 e. The summed E-state index contributed by atoms with van der Waals surface area (Å²) in [5, 5.41) is 0. The van der Waals surface area contributed by atoms with Crippen LogP contribution in [0, 0.1) is 11.6 Å². The molecule has 0 aliphatic rings. The number of hydrogen-bond acceptors (Lipinski definition) is 2. The SMILES string of the molecule is Nc1nc2ccccc2n1Cc1cc(F)ccc1F. The molecular weight excluding hydrogens is 248 g/mol. The van der Waals surface area contributed by atoms with E-state index in [9.17, 15) is 8.78 Å². The lowest BCUT2D eigenvalue weighted by Gasteiger charge is -2.07. The molecule has 3 aromatic rings. The van der Waals surface area contributed by atoms with E-state index in [1.165, 1.54) is 6.07 Å². The number of hydrogen-bond donors (Lipinski definition) is 1. The third-order valence-electron chi connectivity index (χ3n) is 3.02. The van der Waals surface area contributed by atoms with Crippen molar-refractivity contribution in [2.24, 2.45) is 0 Å². The fraction of sp³-hybridized carbons (Fsp3) is 0.0714. The second-order valence-electron chi connectivity index (χ2n) is 4.28. The van der Waals surface area contributed by atoms with Crippen LogP contribution in [0.1, 0.15) is 5.56 Å². The second-order valence-corrected chi connectivity index (χ2v) is 4.28. The van der Waals surface area contributed by atoms with Crippen LogP contribution < -0.4 is 5.73 Å². The topological polar surface area (TPSA) is 43.8 Å². The zero-order valence-corrected chi connectivity index (χ0v) is 9.98. The summed E-state index contributed by atoms with van der Waals surface area (Å²) < 4.78 is 28.5. The number of aromatic nitrogens is 2. The lowest BCUT2D eigenvalue weighted by molar-refractivity contribution is 0.579. The average molecular weight is 259 g/mol. The number of anilines is 1. The highest BCUT2D eigenvalue weighted by molar-refractivity contribution is 5.78. The van der Waals surface area contributed by atoms with E-state index in [0.29, 0.717) is 0 Å². The first-order valence-corrected chi connectivity index (χ1v) is 5.80. The van der Waals surface area contributed by atoms with E-state index in [4.69, 9.17) is 5.73 Å². The van der Waals surface area contributed by atoms with E-state index in [1.807, 2.05) is 24.3 Å². The third-order valence-corrected chi connectivity index (χ3v) is 3.02. The highest BCUT2D eigenvalue weighted by atomic mass is 19.1. The predicted octanol–water partition coefficient (Wildman–Crippen LogP) is 2.95. The summed E-state index contributed by atoms with van der Waals surface area (Å²) >= 11 is 0. The molecule has 0 fully saturated rings. The fourth-order valence-electron chi connectivity index (χ4n) is 2.10. The first kappa shape index (κ1) is 11.6. The average Bonchev–Trinajstić information content (AvgIpc) is 2.71. The molecule has 1 aromatic heterocycles. The molecule has 1 heterocycles. The zero-order valence-electron chi connectivity index (χ0n) is 9.98. The van der Waals surface area contributed by atoms with Gasteiger partial charge in [-0.25, -0.2) is 13.8 Å². The molecule has 0 saturated carbocycles. The minimum absolute atomic E-state index is 0.149. The molecule has 0 radical (unpaired) electrons. The van der Waals surface area contributed by atoms with Crippen molar-refractivity contribution in [3.8, 4) is 0 Å². The van der Waals surface area contributed by atoms with Crippen molar-refractivity contribution in [1.29, 1.82) is 0 Å². The molecule has 5 heteroatoms. The smallest absolute Gasteiger partial charge is 0.201 e. The van der Waals surface area contributed by atoms with Crippen molar-refractivity contribution in [3.05, 3.63) is 59.7 Å². The summed E-state index contributed by atoms with van der Waals surface area (Å²) in [6.45, 7) is 0.149. The van der Waals surface area contributed by atoms with Crippen LogP contribution in [-0.4, -0.2) is 9.55 Å². The van der Waals surface area contributed by atoms with E-state index in [1.54, 1.807) is 4.57 Å². The molecule has 0 atom stereocenters. The Kier molecular flexibility index (Phi) is 2.67. The maximum Gasteiger partial charge on any atom is 0.201 e. The van der Waals surface area contributed by atoms with E-state index in [0.717, 1.165) is 23.2 Å². The van der Waals surface area contributed by atoms with Crippen molar-refractivity contribution >= 4 is 17.0 Å². The second kappa shape index (κ2) is 4.35. The van der Waals surface area contributed by atoms with Gasteiger partial charge in [0.05, 0.1) is 17.6 Å². The summed E-state index contributed by atoms with van der Waals surface area (Å²) in [6, 6.07) is 10.7. The molecule has 0 aliphatic heterocycles. The van der Waals surface area contributed by atoms with Crippen molar-refractivity contribution in [3.63, 3.8) is 0 Å². The maximum absolute atomic E-state index is 13.7. The lowest BCUT2D eigenvalue weighted by Crippen LogP contribution is -2.06. The first-order chi connectivity index (χ1) is 9.15. The van der Waals surface area contributed by atoms with Gasteiger partial charge < -0.3 is 10.3 Å². The Labute approximate surface area is 108 Å². The molecule has 0 bridgehead atoms. The predicted molar refractivity (Wildman–Crippen MR) is 69.6 cm³/mol. The van der Waals surface area contributed by atoms with Crippen molar-refractivity contribution in [1.82, 2.24) is 9.55 Å². The number of nitrogens with two attached hydrogens (primary N) is 1. The molecule has 3 nitrogen and oxygen atoms in total. The van der Waals surface area contributed by atoms with E-state index < -0.39 is 11.6 Å². The highest BCUT2D eigenvalue weighted by Crippen LogP contribution is 2.20. The van der Waals surface area contributed by atoms with Crippen LogP contribution in [0.2, 0.25) is 0 Å². The van der Waals surface area contributed by atoms with Gasteiger partial charge in [0.15, 0.2) is 0 Å². The van der Waals surface area contributed by atoms with Gasteiger partial charge in [-0.05, 0) is 30.3 Å². The Morgan fingerprint density at radius 1 is 1.11 bits per heavy atom. The van der Waals surface area contributed by atoms with Crippen LogP contribution in [0.15, 0.2) is 42.5 Å². The Hall–Kier alpha value is -2.43. The van der Waals surface area contributed by atoms with Gasteiger partial charge in [-0.1, -0.05) is 12.1 Å². The number of fused-ring (bicyclic) bond motifs is 1. The van der Waals surface area contributed by atoms with Gasteiger partial charge in [0, 0.05) is 5.56 Å². The molecule has 3 rings (SSSR count). The summed E-state index contributed by atoms with van der Waals surface area (Å²) in [7, 11) is 0. The van der Waals surface area contributed by atoms with Gasteiger partial charge in [0.2, 0.25) is 5.95 Å². The molecular formula is C14H11F2N3. The van der Waals surface area contributed by atoms with Crippen LogP contribution in [0.3, 0.4) is 0 Å². The molecule has 96 valence electrons. The Morgan fingerprint density at radius 3 is 2.74 bits per heavy atom. The van der Waals surface area contributed by atoms with Crippen LogP contribution in [0.5, 0.6) is 0 Å². The van der Waals surface area contributed by atoms with Crippen LogP contribution in [0.25, 0.3) is 11.0 Å². The molecule has 2 N–H and O–H groups in total. The van der Waals surface area contributed by atoms with Crippen LogP contribution >= 0.6 is 0 Å². The molecule has 19 heavy (non-hydrogen) atoms. The molecule has 0 amide bonds. The van der Waals surface area contributed by atoms with Gasteiger partial charge in [0.1, 0.15) is 11.6 Å². The molecule has 0 spiro atoms. The van der Waals surface area contributed by atoms with Crippen molar-refractivity contribution in [2.75, 3.05) is 5.73 Å². The number of rotatable bonds is 2. The first-order valence-electron chi connectivity index (χ1n) is 5.80. The Balaban J connectivity index is 2.10. The quantitative estimate of drug-likeness (QED) is 0.769. The third kappa shape index (κ3) is 2.03. The van der Waals surface area contributed by atoms with Crippen molar-refractivity contribution < 1.29 is 8.78 Å². The minimum atomic E-state index is -0.473. The van der Waals surface area contributed by atoms with Gasteiger partial charge in [-0.2, -0.15) is 0 Å². The number of halogens is 2. The van der Waals surface area contributed by atoms with Gasteiger partial charge in [-0.3, -0.25) is 0 Å². The van der Waals surface area contributed by atoms with E-state index in [-0.39, 0.29) is 18.1 Å². The normalized spacial score (nSPS) is 11.1. The van der Waals surface area contributed by atoms with Crippen LogP contribution in [0.4, 0.5) is 14.7 Å². The summed E-state index contributed by atoms with van der Waals surface area (Å²) in [5.41, 5.74) is 7.60. The number of nitrogen functional groups attached to an aromatic ring is 1. The van der Waals surface area contributed by atoms with Gasteiger partial charge in [-0.15, -0.1) is 0 Å². The lowest BCUT2D eigenvalue weighted by atomic mass is 10.2. The number of nitrogens with zero attached hydrogens (tertiary/aromatic N) is 2. The fourth-order valence-corrected chi connectivity index (χ4v) is 2.10. The minimum Gasteiger partial charge on any atom is -0.369 e. The summed E-state index contributed by atoms with van der Waals surface area (Å²) in [6.07, 6.45) is 0. The standard InChI is InChI=1S/C14H11F2N3/c15-10-5-6-11(16)9(7-10)8-19-13-4-2-1-3-12(13)18-14(19)17/h1-7H,8H2,(H2,17,18).